The lowest BCUT2D eigenvalue weighted by Gasteiger charge is -2.08. The molecule has 3 aromatic rings. The number of thioether (sulfide) groups is 1. The monoisotopic (exact) mass is 280 g/mol. The fourth-order valence-electron chi connectivity index (χ4n) is 2.15. The van der Waals surface area contributed by atoms with Crippen LogP contribution in [-0.2, 0) is 0 Å². The van der Waals surface area contributed by atoms with Gasteiger partial charge >= 0.3 is 0 Å². The SMILES string of the molecule is CN1CSc2ccccc21.c1ccc2ncccc2c1. The van der Waals surface area contributed by atoms with Gasteiger partial charge in [0.05, 0.1) is 17.1 Å². The molecule has 3 heteroatoms. The molecule has 0 bridgehead atoms. The third kappa shape index (κ3) is 2.78. The topological polar surface area (TPSA) is 16.1 Å². The van der Waals surface area contributed by atoms with Crippen molar-refractivity contribution in [3.05, 3.63) is 66.9 Å². The Morgan fingerprint density at radius 1 is 0.950 bits per heavy atom. The lowest BCUT2D eigenvalue weighted by Crippen LogP contribution is -2.10. The fraction of sp³-hybridized carbons (Fsp3) is 0.118. The molecule has 0 saturated carbocycles. The van der Waals surface area contributed by atoms with Crippen molar-refractivity contribution in [2.75, 3.05) is 17.8 Å². The van der Waals surface area contributed by atoms with Crippen LogP contribution in [0, 0.1) is 0 Å². The van der Waals surface area contributed by atoms with E-state index in [2.05, 4.69) is 53.3 Å². The van der Waals surface area contributed by atoms with E-state index < -0.39 is 0 Å². The second-order valence-corrected chi connectivity index (χ2v) is 5.62. The molecule has 0 N–H and O–H groups in total. The van der Waals surface area contributed by atoms with E-state index in [-0.39, 0.29) is 0 Å². The molecule has 1 aliphatic heterocycles. The molecule has 4 rings (SSSR count). The molecule has 0 atom stereocenters. The zero-order chi connectivity index (χ0) is 13.8. The maximum Gasteiger partial charge on any atom is 0.0701 e. The molecule has 0 unspecified atom stereocenters. The molecule has 2 aromatic carbocycles. The summed E-state index contributed by atoms with van der Waals surface area (Å²) in [5, 5.41) is 1.20. The minimum absolute atomic E-state index is 1.06. The first-order valence-corrected chi connectivity index (χ1v) is 7.56. The number of anilines is 1. The first-order valence-electron chi connectivity index (χ1n) is 6.57. The van der Waals surface area contributed by atoms with Crippen molar-refractivity contribution in [3.63, 3.8) is 0 Å². The van der Waals surface area contributed by atoms with Crippen molar-refractivity contribution in [1.29, 1.82) is 0 Å². The van der Waals surface area contributed by atoms with Gasteiger partial charge < -0.3 is 4.90 Å². The van der Waals surface area contributed by atoms with E-state index in [1.54, 1.807) is 0 Å². The summed E-state index contributed by atoms with van der Waals surface area (Å²) in [4.78, 5) is 7.85. The molecule has 1 aromatic heterocycles. The Hall–Kier alpha value is -2.00. The van der Waals surface area contributed by atoms with Crippen molar-refractivity contribution in [2.45, 2.75) is 4.90 Å². The second kappa shape index (κ2) is 5.97. The Morgan fingerprint density at radius 3 is 2.55 bits per heavy atom. The third-order valence-corrected chi connectivity index (χ3v) is 4.38. The maximum absolute atomic E-state index is 4.18. The molecule has 100 valence electrons. The summed E-state index contributed by atoms with van der Waals surface area (Å²) in [6.45, 7) is 0. The summed E-state index contributed by atoms with van der Waals surface area (Å²) in [7, 11) is 2.12. The van der Waals surface area contributed by atoms with Gasteiger partial charge in [0.25, 0.3) is 0 Å². The minimum Gasteiger partial charge on any atom is -0.364 e. The van der Waals surface area contributed by atoms with Crippen LogP contribution in [0.25, 0.3) is 10.9 Å². The quantitative estimate of drug-likeness (QED) is 0.606. The summed E-state index contributed by atoms with van der Waals surface area (Å²) in [6.07, 6.45) is 1.81. The van der Waals surface area contributed by atoms with Crippen LogP contribution in [0.3, 0.4) is 0 Å². The normalized spacial score (nSPS) is 12.8. The highest BCUT2D eigenvalue weighted by atomic mass is 32.2. The number of aromatic nitrogens is 1. The van der Waals surface area contributed by atoms with Crippen LogP contribution in [0.4, 0.5) is 5.69 Å². The van der Waals surface area contributed by atoms with Gasteiger partial charge in [-0.15, -0.1) is 11.8 Å². The number of hydrogen-bond donors (Lipinski definition) is 0. The van der Waals surface area contributed by atoms with Crippen LogP contribution in [-0.4, -0.2) is 17.9 Å². The zero-order valence-corrected chi connectivity index (χ0v) is 12.2. The smallest absolute Gasteiger partial charge is 0.0701 e. The largest absolute Gasteiger partial charge is 0.364 e. The van der Waals surface area contributed by atoms with Crippen LogP contribution in [0.5, 0.6) is 0 Å². The van der Waals surface area contributed by atoms with E-state index in [1.807, 2.05) is 42.2 Å². The molecule has 1 aliphatic rings. The van der Waals surface area contributed by atoms with Crippen LogP contribution in [0.15, 0.2) is 71.8 Å². The van der Waals surface area contributed by atoms with E-state index in [0.29, 0.717) is 0 Å². The van der Waals surface area contributed by atoms with Gasteiger partial charge in [-0.3, -0.25) is 4.98 Å². The molecular weight excluding hydrogens is 264 g/mol. The summed E-state index contributed by atoms with van der Waals surface area (Å²) >= 11 is 1.90. The third-order valence-electron chi connectivity index (χ3n) is 3.20. The van der Waals surface area contributed by atoms with E-state index in [4.69, 9.17) is 0 Å². The van der Waals surface area contributed by atoms with Crippen molar-refractivity contribution >= 4 is 28.4 Å². The van der Waals surface area contributed by atoms with E-state index in [0.717, 1.165) is 11.4 Å². The molecule has 2 nitrogen and oxygen atoms in total. The summed E-state index contributed by atoms with van der Waals surface area (Å²) in [5.41, 5.74) is 2.43. The minimum atomic E-state index is 1.06. The van der Waals surface area contributed by atoms with Gasteiger partial charge in [-0.25, -0.2) is 0 Å². The molecule has 0 saturated heterocycles. The van der Waals surface area contributed by atoms with Gasteiger partial charge in [0, 0.05) is 23.5 Å². The Kier molecular flexibility index (Phi) is 3.88. The van der Waals surface area contributed by atoms with Crippen molar-refractivity contribution in [2.24, 2.45) is 0 Å². The van der Waals surface area contributed by atoms with Crippen LogP contribution in [0.1, 0.15) is 0 Å². The molecule has 2 heterocycles. The lowest BCUT2D eigenvalue weighted by molar-refractivity contribution is 1.10. The number of rotatable bonds is 0. The summed E-state index contributed by atoms with van der Waals surface area (Å²) in [5.74, 6) is 1.10. The van der Waals surface area contributed by atoms with Crippen LogP contribution in [0.2, 0.25) is 0 Å². The first kappa shape index (κ1) is 13.0. The highest BCUT2D eigenvalue weighted by Gasteiger charge is 2.13. The molecule has 20 heavy (non-hydrogen) atoms. The van der Waals surface area contributed by atoms with E-state index >= 15 is 0 Å². The van der Waals surface area contributed by atoms with Gasteiger partial charge in [-0.1, -0.05) is 36.4 Å². The molecule has 0 radical (unpaired) electrons. The van der Waals surface area contributed by atoms with Gasteiger partial charge in [0.15, 0.2) is 0 Å². The van der Waals surface area contributed by atoms with Gasteiger partial charge in [-0.05, 0) is 24.3 Å². The average molecular weight is 280 g/mol. The molecular formula is C17H16N2S. The van der Waals surface area contributed by atoms with E-state index in [9.17, 15) is 0 Å². The standard InChI is InChI=1S/C9H7N.C8H9NS/c1-2-6-9-8(4-1)5-3-7-10-9;1-9-6-10-8-5-3-2-4-7(8)9/h1-7H;2-5H,6H2,1H3. The van der Waals surface area contributed by atoms with Crippen molar-refractivity contribution in [1.82, 2.24) is 4.98 Å². The van der Waals surface area contributed by atoms with Gasteiger partial charge in [0.1, 0.15) is 0 Å². The lowest BCUT2D eigenvalue weighted by atomic mass is 10.2. The summed E-state index contributed by atoms with van der Waals surface area (Å²) in [6, 6.07) is 20.6. The Labute approximate surface area is 123 Å². The molecule has 0 spiro atoms. The Morgan fingerprint density at radius 2 is 1.70 bits per heavy atom. The van der Waals surface area contributed by atoms with Gasteiger partial charge in [0.2, 0.25) is 0 Å². The number of pyridine rings is 1. The highest BCUT2D eigenvalue weighted by Crippen LogP contribution is 2.36. The summed E-state index contributed by atoms with van der Waals surface area (Å²) < 4.78 is 0. The van der Waals surface area contributed by atoms with Crippen molar-refractivity contribution < 1.29 is 0 Å². The molecule has 0 amide bonds. The second-order valence-electron chi connectivity index (χ2n) is 4.64. The maximum atomic E-state index is 4.18. The number of para-hydroxylation sites is 2. The predicted octanol–water partition coefficient (Wildman–Crippen LogP) is 4.42. The zero-order valence-electron chi connectivity index (χ0n) is 11.4. The molecule has 0 fully saturated rings. The number of hydrogen-bond acceptors (Lipinski definition) is 3. The number of benzene rings is 2. The highest BCUT2D eigenvalue weighted by molar-refractivity contribution is 7.99. The predicted molar refractivity (Wildman–Crippen MR) is 87.3 cm³/mol. The van der Waals surface area contributed by atoms with Crippen LogP contribution >= 0.6 is 11.8 Å². The number of fused-ring (bicyclic) bond motifs is 2. The van der Waals surface area contributed by atoms with Crippen molar-refractivity contribution in [3.8, 4) is 0 Å². The average Bonchev–Trinajstić information content (AvgIpc) is 2.90. The first-order chi connectivity index (χ1) is 9.84. The Balaban J connectivity index is 0.000000121. The fourth-order valence-corrected chi connectivity index (χ4v) is 3.16. The van der Waals surface area contributed by atoms with E-state index in [1.165, 1.54) is 16.0 Å². The molecule has 0 aliphatic carbocycles. The van der Waals surface area contributed by atoms with Crippen LogP contribution < -0.4 is 4.90 Å². The Bertz CT molecular complexity index is 646. The van der Waals surface area contributed by atoms with Gasteiger partial charge in [-0.2, -0.15) is 0 Å². The number of nitrogens with zero attached hydrogens (tertiary/aromatic N) is 2.